The van der Waals surface area contributed by atoms with Crippen LogP contribution in [0.15, 0.2) is 72.9 Å². The van der Waals surface area contributed by atoms with Gasteiger partial charge in [0.15, 0.2) is 0 Å². The summed E-state index contributed by atoms with van der Waals surface area (Å²) in [4.78, 5) is 19.6. The molecular weight excluding hydrogens is 560 g/mol. The van der Waals surface area contributed by atoms with E-state index in [0.29, 0.717) is 37.0 Å². The molecule has 0 bridgehead atoms. The van der Waals surface area contributed by atoms with Gasteiger partial charge in [-0.2, -0.15) is 0 Å². The van der Waals surface area contributed by atoms with Crippen LogP contribution in [-0.4, -0.2) is 33.4 Å². The number of ether oxygens (including phenoxy) is 1. The standard InChI is InChI=1S/C30H23ClF4N4O2/c31-28-12-18(7-9-36-28)15-37-29(40)39-26-8-10-38(16-19-1-2-21-13-22(32)4-3-20(21)11-19)17-25(26)24-6-5-23(14-27(24)39)41-30(33,34)35/h1-7,9,11-14H,8,10,15-17H2,(H,37,40). The van der Waals surface area contributed by atoms with Crippen LogP contribution in [0, 0.1) is 5.82 Å². The van der Waals surface area contributed by atoms with Crippen LogP contribution in [0.3, 0.4) is 0 Å². The van der Waals surface area contributed by atoms with Crippen LogP contribution in [-0.2, 0) is 26.1 Å². The first kappa shape index (κ1) is 27.0. The van der Waals surface area contributed by atoms with Crippen LogP contribution in [0.2, 0.25) is 5.15 Å². The lowest BCUT2D eigenvalue weighted by Gasteiger charge is -2.28. The molecule has 3 aromatic carbocycles. The highest BCUT2D eigenvalue weighted by molar-refractivity contribution is 6.29. The first-order valence-electron chi connectivity index (χ1n) is 12.8. The molecule has 0 unspecified atom stereocenters. The molecule has 1 aliphatic rings. The first-order valence-corrected chi connectivity index (χ1v) is 13.2. The molecule has 0 aliphatic carbocycles. The third kappa shape index (κ3) is 5.84. The summed E-state index contributed by atoms with van der Waals surface area (Å²) in [5.41, 5.74) is 3.71. The quantitative estimate of drug-likeness (QED) is 0.176. The number of aromatic nitrogens is 2. The van der Waals surface area contributed by atoms with Crippen molar-refractivity contribution in [2.45, 2.75) is 32.4 Å². The summed E-state index contributed by atoms with van der Waals surface area (Å²) in [5, 5.41) is 5.55. The van der Waals surface area contributed by atoms with Gasteiger partial charge in [0.2, 0.25) is 0 Å². The molecule has 6 rings (SSSR count). The third-order valence-corrected chi connectivity index (χ3v) is 7.35. The maximum atomic E-state index is 13.6. The Morgan fingerprint density at radius 3 is 2.61 bits per heavy atom. The highest BCUT2D eigenvalue weighted by Gasteiger charge is 2.32. The van der Waals surface area contributed by atoms with Gasteiger partial charge in [0.25, 0.3) is 0 Å². The SMILES string of the molecule is O=C(NCc1ccnc(Cl)c1)n1c2c(c3ccc(OC(F)(F)F)cc31)CN(Cc1ccc3cc(F)ccc3c1)CC2. The van der Waals surface area contributed by atoms with Crippen LogP contribution in [0.4, 0.5) is 22.4 Å². The highest BCUT2D eigenvalue weighted by atomic mass is 35.5. The van der Waals surface area contributed by atoms with Gasteiger partial charge in [-0.15, -0.1) is 13.2 Å². The monoisotopic (exact) mass is 582 g/mol. The number of pyridine rings is 1. The number of nitrogens with one attached hydrogen (secondary N) is 1. The number of nitrogens with zero attached hydrogens (tertiary/aromatic N) is 3. The largest absolute Gasteiger partial charge is 0.573 e. The van der Waals surface area contributed by atoms with E-state index in [1.165, 1.54) is 35.0 Å². The molecule has 0 atom stereocenters. The number of rotatable bonds is 5. The molecule has 0 fully saturated rings. The number of carbonyl (C=O) groups excluding carboxylic acids is 1. The van der Waals surface area contributed by atoms with E-state index in [1.54, 1.807) is 24.3 Å². The number of hydrogen-bond donors (Lipinski definition) is 1. The molecule has 1 amide bonds. The zero-order valence-corrected chi connectivity index (χ0v) is 22.3. The van der Waals surface area contributed by atoms with Gasteiger partial charge in [-0.25, -0.2) is 14.2 Å². The summed E-state index contributed by atoms with van der Waals surface area (Å²) in [5.74, 6) is -0.693. The van der Waals surface area contributed by atoms with Crippen LogP contribution in [0.25, 0.3) is 21.7 Å². The molecule has 6 nitrogen and oxygen atoms in total. The molecule has 0 saturated carbocycles. The number of amides is 1. The van der Waals surface area contributed by atoms with Crippen LogP contribution in [0.1, 0.15) is 22.4 Å². The minimum absolute atomic E-state index is 0.159. The van der Waals surface area contributed by atoms with E-state index in [9.17, 15) is 22.4 Å². The predicted octanol–water partition coefficient (Wildman–Crippen LogP) is 7.20. The normalized spacial score (nSPS) is 13.9. The van der Waals surface area contributed by atoms with Gasteiger partial charge in [0, 0.05) is 55.9 Å². The van der Waals surface area contributed by atoms with E-state index in [0.717, 1.165) is 33.2 Å². The van der Waals surface area contributed by atoms with E-state index < -0.39 is 18.1 Å². The van der Waals surface area contributed by atoms with Crippen molar-refractivity contribution < 1.29 is 27.1 Å². The number of alkyl halides is 3. The van der Waals surface area contributed by atoms with E-state index >= 15 is 0 Å². The molecule has 0 saturated heterocycles. The fraction of sp³-hybridized carbons (Fsp3) is 0.200. The zero-order chi connectivity index (χ0) is 28.7. The van der Waals surface area contributed by atoms with E-state index in [4.69, 9.17) is 11.6 Å². The molecule has 2 aromatic heterocycles. The van der Waals surface area contributed by atoms with Crippen LogP contribution >= 0.6 is 11.6 Å². The Hall–Kier alpha value is -4.15. The minimum atomic E-state index is -4.87. The van der Waals surface area contributed by atoms with Crippen molar-refractivity contribution in [3.63, 3.8) is 0 Å². The lowest BCUT2D eigenvalue weighted by Crippen LogP contribution is -2.34. The van der Waals surface area contributed by atoms with Crippen molar-refractivity contribution in [2.24, 2.45) is 0 Å². The fourth-order valence-electron chi connectivity index (χ4n) is 5.39. The smallest absolute Gasteiger partial charge is 0.406 e. The molecule has 210 valence electrons. The predicted molar refractivity (Wildman–Crippen MR) is 147 cm³/mol. The molecule has 1 aliphatic heterocycles. The van der Waals surface area contributed by atoms with Gasteiger partial charge in [-0.1, -0.05) is 29.8 Å². The molecule has 5 aromatic rings. The summed E-state index contributed by atoms with van der Waals surface area (Å²) in [6.45, 7) is 1.90. The van der Waals surface area contributed by atoms with Gasteiger partial charge < -0.3 is 10.1 Å². The second-order valence-corrected chi connectivity index (χ2v) is 10.3. The lowest BCUT2D eigenvalue weighted by molar-refractivity contribution is -0.274. The third-order valence-electron chi connectivity index (χ3n) is 7.14. The summed E-state index contributed by atoms with van der Waals surface area (Å²) < 4.78 is 58.2. The summed E-state index contributed by atoms with van der Waals surface area (Å²) >= 11 is 5.95. The van der Waals surface area contributed by atoms with Crippen molar-refractivity contribution >= 4 is 39.3 Å². The number of carbonyl (C=O) groups is 1. The Morgan fingerprint density at radius 1 is 1.00 bits per heavy atom. The fourth-order valence-corrected chi connectivity index (χ4v) is 5.59. The molecule has 41 heavy (non-hydrogen) atoms. The van der Waals surface area contributed by atoms with E-state index in [2.05, 4.69) is 19.9 Å². The molecule has 1 N–H and O–H groups in total. The van der Waals surface area contributed by atoms with Gasteiger partial charge >= 0.3 is 12.4 Å². The minimum Gasteiger partial charge on any atom is -0.406 e. The maximum absolute atomic E-state index is 13.6. The highest BCUT2D eigenvalue weighted by Crippen LogP contribution is 2.35. The van der Waals surface area contributed by atoms with Crippen molar-refractivity contribution in [1.82, 2.24) is 19.8 Å². The van der Waals surface area contributed by atoms with Crippen LogP contribution < -0.4 is 10.1 Å². The van der Waals surface area contributed by atoms with Crippen molar-refractivity contribution in [1.29, 1.82) is 0 Å². The first-order chi connectivity index (χ1) is 19.6. The van der Waals surface area contributed by atoms with E-state index in [1.807, 2.05) is 18.2 Å². The van der Waals surface area contributed by atoms with Gasteiger partial charge in [-0.3, -0.25) is 9.47 Å². The average molecular weight is 583 g/mol. The van der Waals surface area contributed by atoms with Gasteiger partial charge in [-0.05, 0) is 69.9 Å². The Bertz CT molecular complexity index is 1790. The summed E-state index contributed by atoms with van der Waals surface area (Å²) in [6, 6.07) is 17.5. The Labute approximate surface area is 237 Å². The molecule has 11 heteroatoms. The Kier molecular flexibility index (Phi) is 7.04. The number of benzene rings is 3. The molecular formula is C30H23ClF4N4O2. The van der Waals surface area contributed by atoms with Gasteiger partial charge in [0.1, 0.15) is 16.7 Å². The molecule has 0 radical (unpaired) electrons. The molecule has 0 spiro atoms. The Balaban J connectivity index is 1.31. The second kappa shape index (κ2) is 10.7. The number of halogens is 5. The Morgan fingerprint density at radius 2 is 1.80 bits per heavy atom. The maximum Gasteiger partial charge on any atom is 0.573 e. The van der Waals surface area contributed by atoms with E-state index in [-0.39, 0.29) is 17.5 Å². The van der Waals surface area contributed by atoms with Crippen molar-refractivity contribution in [3.05, 3.63) is 106 Å². The average Bonchev–Trinajstić information content (AvgIpc) is 3.24. The van der Waals surface area contributed by atoms with Crippen LogP contribution in [0.5, 0.6) is 5.75 Å². The van der Waals surface area contributed by atoms with Gasteiger partial charge in [0.05, 0.1) is 5.52 Å². The molecule has 3 heterocycles. The number of fused-ring (bicyclic) bond motifs is 4. The summed E-state index contributed by atoms with van der Waals surface area (Å²) in [6.07, 6.45) is -2.83. The topological polar surface area (TPSA) is 59.4 Å². The summed E-state index contributed by atoms with van der Waals surface area (Å²) in [7, 11) is 0. The lowest BCUT2D eigenvalue weighted by atomic mass is 10.0. The van der Waals surface area contributed by atoms with Crippen molar-refractivity contribution in [3.8, 4) is 5.75 Å². The zero-order valence-electron chi connectivity index (χ0n) is 21.5. The number of hydrogen-bond acceptors (Lipinski definition) is 4. The second-order valence-electron chi connectivity index (χ2n) is 9.92. The van der Waals surface area contributed by atoms with Crippen molar-refractivity contribution in [2.75, 3.05) is 6.54 Å².